The summed E-state index contributed by atoms with van der Waals surface area (Å²) < 4.78 is 5.52. The highest BCUT2D eigenvalue weighted by atomic mass is 35.5. The van der Waals surface area contributed by atoms with Crippen LogP contribution in [-0.4, -0.2) is 24.5 Å². The van der Waals surface area contributed by atoms with Crippen molar-refractivity contribution in [3.05, 3.63) is 57.6 Å². The maximum atomic E-state index is 12.1. The minimum atomic E-state index is -0.818. The summed E-state index contributed by atoms with van der Waals surface area (Å²) >= 11 is 11.8. The highest BCUT2D eigenvalue weighted by molar-refractivity contribution is 6.35. The maximum Gasteiger partial charge on any atom is 0.261 e. The van der Waals surface area contributed by atoms with Crippen LogP contribution in [0.4, 0.5) is 5.69 Å². The number of aryl methyl sites for hydroxylation is 2. The summed E-state index contributed by atoms with van der Waals surface area (Å²) in [5.74, 6) is -0.390. The lowest BCUT2D eigenvalue weighted by molar-refractivity contribution is -0.129. The normalized spacial score (nSPS) is 11.6. The number of hydrogen-bond donors (Lipinski definition) is 2. The van der Waals surface area contributed by atoms with Crippen molar-refractivity contribution in [3.8, 4) is 5.75 Å². The van der Waals surface area contributed by atoms with E-state index >= 15 is 0 Å². The zero-order chi connectivity index (χ0) is 19.3. The van der Waals surface area contributed by atoms with Crippen LogP contribution in [0.5, 0.6) is 5.75 Å². The Labute approximate surface area is 162 Å². The van der Waals surface area contributed by atoms with E-state index in [0.717, 1.165) is 16.8 Å². The largest absolute Gasteiger partial charge is 0.479 e. The number of hydrogen-bond acceptors (Lipinski definition) is 3. The molecule has 0 saturated carbocycles. The predicted molar refractivity (Wildman–Crippen MR) is 104 cm³/mol. The summed E-state index contributed by atoms with van der Waals surface area (Å²) in [5, 5.41) is 6.14. The Morgan fingerprint density at radius 2 is 1.77 bits per heavy atom. The monoisotopic (exact) mass is 394 g/mol. The number of benzene rings is 2. The van der Waals surface area contributed by atoms with Gasteiger partial charge in [0, 0.05) is 10.7 Å². The van der Waals surface area contributed by atoms with Crippen LogP contribution in [0.2, 0.25) is 10.0 Å². The molecule has 0 heterocycles. The van der Waals surface area contributed by atoms with Gasteiger partial charge in [-0.25, -0.2) is 0 Å². The fourth-order valence-corrected chi connectivity index (χ4v) is 2.77. The van der Waals surface area contributed by atoms with Gasteiger partial charge >= 0.3 is 0 Å². The third-order valence-electron chi connectivity index (χ3n) is 3.74. The van der Waals surface area contributed by atoms with Crippen molar-refractivity contribution in [2.75, 3.05) is 11.9 Å². The first-order valence-corrected chi connectivity index (χ1v) is 8.79. The molecule has 0 radical (unpaired) electrons. The zero-order valence-corrected chi connectivity index (χ0v) is 16.2. The molecular formula is C19H20Cl2N2O3. The molecule has 0 spiro atoms. The first-order valence-electron chi connectivity index (χ1n) is 8.03. The van der Waals surface area contributed by atoms with E-state index in [4.69, 9.17) is 27.9 Å². The number of carbonyl (C=O) groups excluding carboxylic acids is 2. The molecule has 26 heavy (non-hydrogen) atoms. The first kappa shape index (κ1) is 20.1. The Bertz CT molecular complexity index is 804. The van der Waals surface area contributed by atoms with Crippen molar-refractivity contribution in [3.63, 3.8) is 0 Å². The smallest absolute Gasteiger partial charge is 0.261 e. The zero-order valence-electron chi connectivity index (χ0n) is 14.7. The molecule has 2 rings (SSSR count). The second kappa shape index (κ2) is 8.92. The average molecular weight is 395 g/mol. The van der Waals surface area contributed by atoms with Gasteiger partial charge in [-0.05, 0) is 50.1 Å². The highest BCUT2D eigenvalue weighted by Crippen LogP contribution is 2.28. The van der Waals surface area contributed by atoms with E-state index in [9.17, 15) is 9.59 Å². The molecule has 0 bridgehead atoms. The number of ether oxygens (including phenoxy) is 1. The molecule has 0 saturated heterocycles. The predicted octanol–water partition coefficient (Wildman–Crippen LogP) is 4.13. The molecule has 5 nitrogen and oxygen atoms in total. The minimum Gasteiger partial charge on any atom is -0.479 e. The molecular weight excluding hydrogens is 375 g/mol. The third kappa shape index (κ3) is 5.38. The molecule has 0 aliphatic rings. The summed E-state index contributed by atoms with van der Waals surface area (Å²) in [6.45, 7) is 5.23. The van der Waals surface area contributed by atoms with E-state index < -0.39 is 12.0 Å². The van der Waals surface area contributed by atoms with Crippen LogP contribution in [0.15, 0.2) is 36.4 Å². The van der Waals surface area contributed by atoms with Gasteiger partial charge in [-0.1, -0.05) is 41.4 Å². The number of amides is 2. The number of halogens is 2. The van der Waals surface area contributed by atoms with Gasteiger partial charge in [-0.15, -0.1) is 0 Å². The van der Waals surface area contributed by atoms with E-state index in [2.05, 4.69) is 10.6 Å². The van der Waals surface area contributed by atoms with Gasteiger partial charge in [0.15, 0.2) is 6.10 Å². The Morgan fingerprint density at radius 1 is 1.12 bits per heavy atom. The van der Waals surface area contributed by atoms with Gasteiger partial charge in [0.05, 0.1) is 11.6 Å². The standard InChI is InChI=1S/C19H20Cl2N2O3/c1-11-5-4-6-12(2)18(11)23-17(24)10-22-19(25)13(3)26-16-8-7-14(20)9-15(16)21/h4-9,13H,10H2,1-3H3,(H,22,25)(H,23,24). The van der Waals surface area contributed by atoms with Crippen LogP contribution in [0, 0.1) is 13.8 Å². The molecule has 1 atom stereocenters. The molecule has 0 fully saturated rings. The van der Waals surface area contributed by atoms with Gasteiger partial charge in [0.1, 0.15) is 5.75 Å². The van der Waals surface area contributed by atoms with E-state index in [1.165, 1.54) is 6.07 Å². The Kier molecular flexibility index (Phi) is 6.89. The summed E-state index contributed by atoms with van der Waals surface area (Å²) in [7, 11) is 0. The molecule has 2 aromatic carbocycles. The lowest BCUT2D eigenvalue weighted by atomic mass is 10.1. The second-order valence-electron chi connectivity index (χ2n) is 5.87. The van der Waals surface area contributed by atoms with Crippen LogP contribution in [0.25, 0.3) is 0 Å². The van der Waals surface area contributed by atoms with Crippen molar-refractivity contribution in [2.45, 2.75) is 26.9 Å². The molecule has 2 aromatic rings. The second-order valence-corrected chi connectivity index (χ2v) is 6.71. The Hall–Kier alpha value is -2.24. The third-order valence-corrected chi connectivity index (χ3v) is 4.27. The molecule has 7 heteroatoms. The molecule has 0 aliphatic heterocycles. The fraction of sp³-hybridized carbons (Fsp3) is 0.263. The molecule has 1 unspecified atom stereocenters. The number of para-hydroxylation sites is 1. The van der Waals surface area contributed by atoms with Gasteiger partial charge in [-0.2, -0.15) is 0 Å². The van der Waals surface area contributed by atoms with Gasteiger partial charge in [-0.3, -0.25) is 9.59 Å². The lowest BCUT2D eigenvalue weighted by Gasteiger charge is -2.16. The van der Waals surface area contributed by atoms with Crippen LogP contribution in [0.3, 0.4) is 0 Å². The van der Waals surface area contributed by atoms with Crippen molar-refractivity contribution in [1.29, 1.82) is 0 Å². The Morgan fingerprint density at radius 3 is 2.38 bits per heavy atom. The topological polar surface area (TPSA) is 67.4 Å². The molecule has 138 valence electrons. The summed E-state index contributed by atoms with van der Waals surface area (Å²) in [6.07, 6.45) is -0.818. The SMILES string of the molecule is Cc1cccc(C)c1NC(=O)CNC(=O)C(C)Oc1ccc(Cl)cc1Cl. The number of rotatable bonds is 6. The van der Waals surface area contributed by atoms with Gasteiger partial charge in [0.25, 0.3) is 5.91 Å². The van der Waals surface area contributed by atoms with Crippen molar-refractivity contribution in [1.82, 2.24) is 5.32 Å². The number of anilines is 1. The summed E-state index contributed by atoms with van der Waals surface area (Å²) in [4.78, 5) is 24.2. The van der Waals surface area contributed by atoms with Crippen molar-refractivity contribution < 1.29 is 14.3 Å². The van der Waals surface area contributed by atoms with E-state index in [0.29, 0.717) is 15.8 Å². The summed E-state index contributed by atoms with van der Waals surface area (Å²) in [6, 6.07) is 10.5. The van der Waals surface area contributed by atoms with Crippen LogP contribution >= 0.6 is 23.2 Å². The fourth-order valence-electron chi connectivity index (χ4n) is 2.32. The van der Waals surface area contributed by atoms with Crippen LogP contribution in [0.1, 0.15) is 18.1 Å². The highest BCUT2D eigenvalue weighted by Gasteiger charge is 2.17. The van der Waals surface area contributed by atoms with Crippen LogP contribution in [-0.2, 0) is 9.59 Å². The molecule has 0 aliphatic carbocycles. The van der Waals surface area contributed by atoms with E-state index in [1.807, 2.05) is 32.0 Å². The molecule has 0 aromatic heterocycles. The minimum absolute atomic E-state index is 0.158. The number of nitrogens with one attached hydrogen (secondary N) is 2. The Balaban J connectivity index is 1.88. The first-order chi connectivity index (χ1) is 12.3. The summed E-state index contributed by atoms with van der Waals surface area (Å²) in [5.41, 5.74) is 2.67. The average Bonchev–Trinajstić information content (AvgIpc) is 2.58. The quantitative estimate of drug-likeness (QED) is 0.773. The van der Waals surface area contributed by atoms with E-state index in [-0.39, 0.29) is 12.5 Å². The van der Waals surface area contributed by atoms with Gasteiger partial charge in [0.2, 0.25) is 5.91 Å². The van der Waals surface area contributed by atoms with Crippen LogP contribution < -0.4 is 15.4 Å². The van der Waals surface area contributed by atoms with Gasteiger partial charge < -0.3 is 15.4 Å². The van der Waals surface area contributed by atoms with Crippen molar-refractivity contribution in [2.24, 2.45) is 0 Å². The number of carbonyl (C=O) groups is 2. The molecule has 2 amide bonds. The maximum absolute atomic E-state index is 12.1. The lowest BCUT2D eigenvalue weighted by Crippen LogP contribution is -2.40. The van der Waals surface area contributed by atoms with E-state index in [1.54, 1.807) is 19.1 Å². The molecule has 2 N–H and O–H groups in total. The van der Waals surface area contributed by atoms with Crippen molar-refractivity contribution >= 4 is 40.7 Å².